The topological polar surface area (TPSA) is 59.0 Å². The van der Waals surface area contributed by atoms with Crippen LogP contribution >= 0.6 is 0 Å². The number of hydrogen-bond acceptors (Lipinski definition) is 4. The highest BCUT2D eigenvalue weighted by molar-refractivity contribution is 5.88. The van der Waals surface area contributed by atoms with Crippen molar-refractivity contribution in [2.75, 3.05) is 24.7 Å². The fourth-order valence-corrected chi connectivity index (χ4v) is 2.67. The van der Waals surface area contributed by atoms with E-state index in [0.717, 1.165) is 31.6 Å². The second kappa shape index (κ2) is 4.74. The first-order valence-corrected chi connectivity index (χ1v) is 6.56. The summed E-state index contributed by atoms with van der Waals surface area (Å²) in [5.41, 5.74) is 0.317. The smallest absolute Gasteiger partial charge is 0.414 e. The summed E-state index contributed by atoms with van der Waals surface area (Å²) in [6.45, 7) is 1.87. The molecule has 0 radical (unpaired) electrons. The molecule has 5 heteroatoms. The van der Waals surface area contributed by atoms with E-state index in [9.17, 15) is 9.90 Å². The van der Waals surface area contributed by atoms with Gasteiger partial charge in [-0.15, -0.1) is 0 Å². The van der Waals surface area contributed by atoms with Gasteiger partial charge in [0, 0.05) is 25.3 Å². The van der Waals surface area contributed by atoms with Crippen LogP contribution in [-0.2, 0) is 9.47 Å². The van der Waals surface area contributed by atoms with Crippen molar-refractivity contribution in [3.05, 3.63) is 24.3 Å². The quantitative estimate of drug-likeness (QED) is 0.844. The number of nitrogens with zero attached hydrogens (tertiary/aromatic N) is 1. The molecule has 19 heavy (non-hydrogen) atoms. The zero-order valence-corrected chi connectivity index (χ0v) is 10.7. The van der Waals surface area contributed by atoms with Gasteiger partial charge < -0.3 is 14.6 Å². The van der Waals surface area contributed by atoms with Crippen LogP contribution in [0.15, 0.2) is 24.3 Å². The van der Waals surface area contributed by atoms with Crippen LogP contribution < -0.4 is 4.90 Å². The summed E-state index contributed by atoms with van der Waals surface area (Å²) in [6, 6.07) is 6.56. The van der Waals surface area contributed by atoms with Gasteiger partial charge in [-0.05, 0) is 37.1 Å². The fraction of sp³-hybridized carbons (Fsp3) is 0.500. The Morgan fingerprint density at radius 3 is 2.63 bits per heavy atom. The third kappa shape index (κ3) is 2.38. The second-order valence-electron chi connectivity index (χ2n) is 5.13. The van der Waals surface area contributed by atoms with Crippen molar-refractivity contribution in [3.63, 3.8) is 0 Å². The Balaban J connectivity index is 1.74. The molecule has 1 amide bonds. The molecule has 2 saturated heterocycles. The molecule has 0 saturated carbocycles. The molecule has 2 heterocycles. The first-order chi connectivity index (χ1) is 9.19. The highest BCUT2D eigenvalue weighted by atomic mass is 16.6. The summed E-state index contributed by atoms with van der Waals surface area (Å²) in [6.07, 6.45) is 2.26. The number of phenols is 1. The molecule has 2 aliphatic rings. The lowest BCUT2D eigenvalue weighted by atomic mass is 9.91. The molecule has 1 aromatic carbocycles. The molecular formula is C14H17NO4. The summed E-state index contributed by atoms with van der Waals surface area (Å²) in [5.74, 6) is 0.186. The van der Waals surface area contributed by atoms with Crippen molar-refractivity contribution in [2.24, 2.45) is 0 Å². The summed E-state index contributed by atoms with van der Waals surface area (Å²) in [7, 11) is 0. The number of amides is 1. The lowest BCUT2D eigenvalue weighted by Gasteiger charge is -2.42. The van der Waals surface area contributed by atoms with Crippen molar-refractivity contribution in [1.29, 1.82) is 0 Å². The lowest BCUT2D eigenvalue weighted by molar-refractivity contribution is -0.100. The Kier molecular flexibility index (Phi) is 3.06. The van der Waals surface area contributed by atoms with E-state index in [1.807, 2.05) is 0 Å². The molecule has 1 spiro atoms. The number of phenolic OH excluding ortho intramolecular Hbond substituents is 1. The van der Waals surface area contributed by atoms with Gasteiger partial charge in [0.05, 0.1) is 6.61 Å². The van der Waals surface area contributed by atoms with Gasteiger partial charge in [0.1, 0.15) is 11.4 Å². The van der Waals surface area contributed by atoms with E-state index in [1.54, 1.807) is 29.2 Å². The van der Waals surface area contributed by atoms with Crippen LogP contribution in [0.1, 0.15) is 19.3 Å². The van der Waals surface area contributed by atoms with E-state index >= 15 is 0 Å². The van der Waals surface area contributed by atoms with Gasteiger partial charge in [0.2, 0.25) is 0 Å². The molecule has 2 aliphatic heterocycles. The Morgan fingerprint density at radius 2 is 2.00 bits per heavy atom. The average molecular weight is 263 g/mol. The van der Waals surface area contributed by atoms with Gasteiger partial charge in [0.25, 0.3) is 0 Å². The third-order valence-electron chi connectivity index (χ3n) is 3.76. The minimum absolute atomic E-state index is 0.186. The third-order valence-corrected chi connectivity index (χ3v) is 3.76. The van der Waals surface area contributed by atoms with Crippen LogP contribution in [-0.4, -0.2) is 36.6 Å². The van der Waals surface area contributed by atoms with E-state index in [1.165, 1.54) is 0 Å². The predicted molar refractivity (Wildman–Crippen MR) is 69.3 cm³/mol. The van der Waals surface area contributed by atoms with E-state index in [-0.39, 0.29) is 11.8 Å². The number of hydrogen-bond donors (Lipinski definition) is 1. The Labute approximate surface area is 111 Å². The molecule has 1 aromatic rings. The SMILES string of the molecule is O=C1OC2(CCCOC2)CCN1c1ccc(O)cc1. The van der Waals surface area contributed by atoms with Crippen molar-refractivity contribution in [2.45, 2.75) is 24.9 Å². The number of carbonyl (C=O) groups excluding carboxylic acids is 1. The highest BCUT2D eigenvalue weighted by Crippen LogP contribution is 2.33. The number of anilines is 1. The van der Waals surface area contributed by atoms with E-state index in [0.29, 0.717) is 13.2 Å². The zero-order chi connectivity index (χ0) is 13.3. The van der Waals surface area contributed by atoms with Crippen LogP contribution in [0.4, 0.5) is 10.5 Å². The van der Waals surface area contributed by atoms with Gasteiger partial charge in [0.15, 0.2) is 0 Å². The maximum absolute atomic E-state index is 12.1. The first kappa shape index (κ1) is 12.3. The molecular weight excluding hydrogens is 246 g/mol. The average Bonchev–Trinajstić information content (AvgIpc) is 2.41. The van der Waals surface area contributed by atoms with Crippen molar-refractivity contribution >= 4 is 11.8 Å². The number of aromatic hydroxyl groups is 1. The first-order valence-electron chi connectivity index (χ1n) is 6.56. The second-order valence-corrected chi connectivity index (χ2v) is 5.13. The molecule has 1 atom stereocenters. The number of ether oxygens (including phenoxy) is 2. The summed E-state index contributed by atoms with van der Waals surface area (Å²) in [5, 5.41) is 9.27. The maximum atomic E-state index is 12.1. The van der Waals surface area contributed by atoms with Crippen molar-refractivity contribution < 1.29 is 19.4 Å². The molecule has 1 unspecified atom stereocenters. The Morgan fingerprint density at radius 1 is 1.21 bits per heavy atom. The lowest BCUT2D eigenvalue weighted by Crippen LogP contribution is -2.53. The Bertz CT molecular complexity index is 465. The fourth-order valence-electron chi connectivity index (χ4n) is 2.67. The van der Waals surface area contributed by atoms with Crippen molar-refractivity contribution in [1.82, 2.24) is 0 Å². The van der Waals surface area contributed by atoms with E-state index in [4.69, 9.17) is 9.47 Å². The largest absolute Gasteiger partial charge is 0.508 e. The predicted octanol–water partition coefficient (Wildman–Crippen LogP) is 2.29. The molecule has 2 fully saturated rings. The molecule has 1 N–H and O–H groups in total. The summed E-state index contributed by atoms with van der Waals surface area (Å²) in [4.78, 5) is 13.7. The normalized spacial score (nSPS) is 27.4. The molecule has 0 bridgehead atoms. The van der Waals surface area contributed by atoms with E-state index in [2.05, 4.69) is 0 Å². The number of benzene rings is 1. The van der Waals surface area contributed by atoms with Gasteiger partial charge >= 0.3 is 6.09 Å². The minimum Gasteiger partial charge on any atom is -0.508 e. The van der Waals surface area contributed by atoms with Gasteiger partial charge in [-0.1, -0.05) is 0 Å². The van der Waals surface area contributed by atoms with Crippen molar-refractivity contribution in [3.8, 4) is 5.75 Å². The molecule has 102 valence electrons. The summed E-state index contributed by atoms with van der Waals surface area (Å²) < 4.78 is 11.1. The van der Waals surface area contributed by atoms with Crippen LogP contribution in [0.5, 0.6) is 5.75 Å². The molecule has 5 nitrogen and oxygen atoms in total. The van der Waals surface area contributed by atoms with Crippen LogP contribution in [0.3, 0.4) is 0 Å². The number of carbonyl (C=O) groups is 1. The highest BCUT2D eigenvalue weighted by Gasteiger charge is 2.42. The van der Waals surface area contributed by atoms with E-state index < -0.39 is 5.60 Å². The van der Waals surface area contributed by atoms with Crippen LogP contribution in [0.25, 0.3) is 0 Å². The molecule has 0 aromatic heterocycles. The van der Waals surface area contributed by atoms with Crippen LogP contribution in [0.2, 0.25) is 0 Å². The zero-order valence-electron chi connectivity index (χ0n) is 10.7. The molecule has 0 aliphatic carbocycles. The standard InChI is InChI=1S/C14H17NO4/c16-12-4-2-11(3-5-12)15-8-7-14(19-13(15)17)6-1-9-18-10-14/h2-5,16H,1,6-10H2. The summed E-state index contributed by atoms with van der Waals surface area (Å²) >= 11 is 0. The molecule has 3 rings (SSSR count). The monoisotopic (exact) mass is 263 g/mol. The number of rotatable bonds is 1. The van der Waals surface area contributed by atoms with Gasteiger partial charge in [-0.25, -0.2) is 4.79 Å². The van der Waals surface area contributed by atoms with Gasteiger partial charge in [-0.2, -0.15) is 0 Å². The Hall–Kier alpha value is -1.75. The van der Waals surface area contributed by atoms with Gasteiger partial charge in [-0.3, -0.25) is 4.90 Å². The maximum Gasteiger partial charge on any atom is 0.414 e. The van der Waals surface area contributed by atoms with Crippen LogP contribution in [0, 0.1) is 0 Å². The minimum atomic E-state index is -0.428.